The highest BCUT2D eigenvalue weighted by Gasteiger charge is 2.14. The SMILES string of the molecule is CCC(CNc1sccc1C)C(=O)O. The van der Waals surface area contributed by atoms with Crippen molar-refractivity contribution in [1.29, 1.82) is 0 Å². The Bertz CT molecular complexity index is 309. The molecular weight excluding hydrogens is 198 g/mol. The number of carbonyl (C=O) groups is 1. The van der Waals surface area contributed by atoms with Gasteiger partial charge in [-0.2, -0.15) is 0 Å². The second-order valence-electron chi connectivity index (χ2n) is 3.26. The molecule has 0 bridgehead atoms. The molecule has 0 aliphatic carbocycles. The maximum absolute atomic E-state index is 10.7. The van der Waals surface area contributed by atoms with Crippen LogP contribution in [0.15, 0.2) is 11.4 Å². The molecule has 78 valence electrons. The zero-order chi connectivity index (χ0) is 10.6. The third kappa shape index (κ3) is 2.73. The summed E-state index contributed by atoms with van der Waals surface area (Å²) >= 11 is 1.61. The number of nitrogens with one attached hydrogen (secondary N) is 1. The fraction of sp³-hybridized carbons (Fsp3) is 0.500. The minimum Gasteiger partial charge on any atom is -0.481 e. The molecule has 0 saturated heterocycles. The lowest BCUT2D eigenvalue weighted by molar-refractivity contribution is -0.141. The van der Waals surface area contributed by atoms with Crippen molar-refractivity contribution in [2.24, 2.45) is 5.92 Å². The van der Waals surface area contributed by atoms with Gasteiger partial charge in [-0.05, 0) is 30.4 Å². The summed E-state index contributed by atoms with van der Waals surface area (Å²) in [5.74, 6) is -1.02. The molecule has 1 unspecified atom stereocenters. The van der Waals surface area contributed by atoms with E-state index in [1.807, 2.05) is 25.3 Å². The standard InChI is InChI=1S/C10H15NO2S/c1-3-8(10(12)13)6-11-9-7(2)4-5-14-9/h4-5,8,11H,3,6H2,1-2H3,(H,12,13). The molecule has 0 saturated carbocycles. The normalized spacial score (nSPS) is 12.4. The van der Waals surface area contributed by atoms with Crippen LogP contribution in [0.1, 0.15) is 18.9 Å². The molecule has 0 amide bonds. The molecule has 1 rings (SSSR count). The molecule has 0 aliphatic heterocycles. The Morgan fingerprint density at radius 2 is 2.43 bits per heavy atom. The molecule has 3 nitrogen and oxygen atoms in total. The molecule has 0 radical (unpaired) electrons. The van der Waals surface area contributed by atoms with Crippen LogP contribution in [0.25, 0.3) is 0 Å². The number of rotatable bonds is 5. The van der Waals surface area contributed by atoms with Crippen LogP contribution in [0.2, 0.25) is 0 Å². The van der Waals surface area contributed by atoms with E-state index >= 15 is 0 Å². The number of carboxylic acid groups (broad SMARTS) is 1. The van der Waals surface area contributed by atoms with Crippen LogP contribution in [-0.4, -0.2) is 17.6 Å². The maximum atomic E-state index is 10.7. The second kappa shape index (κ2) is 5.00. The first-order valence-corrected chi connectivity index (χ1v) is 5.54. The number of hydrogen-bond acceptors (Lipinski definition) is 3. The molecule has 0 spiro atoms. The van der Waals surface area contributed by atoms with E-state index in [2.05, 4.69) is 5.32 Å². The van der Waals surface area contributed by atoms with Crippen LogP contribution in [0.3, 0.4) is 0 Å². The van der Waals surface area contributed by atoms with Gasteiger partial charge in [0.05, 0.1) is 10.9 Å². The first-order chi connectivity index (χ1) is 6.65. The number of aryl methyl sites for hydroxylation is 1. The highest BCUT2D eigenvalue weighted by molar-refractivity contribution is 7.14. The Hall–Kier alpha value is -1.03. The quantitative estimate of drug-likeness (QED) is 0.790. The van der Waals surface area contributed by atoms with Crippen LogP contribution in [0.4, 0.5) is 5.00 Å². The molecule has 1 heterocycles. The van der Waals surface area contributed by atoms with Crippen molar-refractivity contribution < 1.29 is 9.90 Å². The van der Waals surface area contributed by atoms with Crippen LogP contribution < -0.4 is 5.32 Å². The zero-order valence-electron chi connectivity index (χ0n) is 8.41. The van der Waals surface area contributed by atoms with Gasteiger partial charge in [-0.3, -0.25) is 4.79 Å². The molecule has 0 aliphatic rings. The van der Waals surface area contributed by atoms with E-state index < -0.39 is 5.97 Å². The highest BCUT2D eigenvalue weighted by Crippen LogP contribution is 2.22. The molecule has 1 atom stereocenters. The number of hydrogen-bond donors (Lipinski definition) is 2. The van der Waals surface area contributed by atoms with Crippen molar-refractivity contribution in [3.8, 4) is 0 Å². The number of thiophene rings is 1. The summed E-state index contributed by atoms with van der Waals surface area (Å²) in [4.78, 5) is 10.7. The highest BCUT2D eigenvalue weighted by atomic mass is 32.1. The zero-order valence-corrected chi connectivity index (χ0v) is 9.23. The first-order valence-electron chi connectivity index (χ1n) is 4.66. The van der Waals surface area contributed by atoms with Crippen molar-refractivity contribution in [3.63, 3.8) is 0 Å². The summed E-state index contributed by atoms with van der Waals surface area (Å²) in [7, 11) is 0. The van der Waals surface area contributed by atoms with Gasteiger partial charge in [-0.1, -0.05) is 6.92 Å². The third-order valence-corrected chi connectivity index (χ3v) is 3.19. The van der Waals surface area contributed by atoms with E-state index in [4.69, 9.17) is 5.11 Å². The lowest BCUT2D eigenvalue weighted by Gasteiger charge is -2.11. The Labute approximate surface area is 87.8 Å². The van der Waals surface area contributed by atoms with Crippen LogP contribution in [0.5, 0.6) is 0 Å². The van der Waals surface area contributed by atoms with Gasteiger partial charge in [0.25, 0.3) is 0 Å². The van der Waals surface area contributed by atoms with Gasteiger partial charge in [0, 0.05) is 6.54 Å². The van der Waals surface area contributed by atoms with Gasteiger partial charge in [0.1, 0.15) is 0 Å². The summed E-state index contributed by atoms with van der Waals surface area (Å²) in [5, 5.41) is 15.1. The monoisotopic (exact) mass is 213 g/mol. The number of anilines is 1. The smallest absolute Gasteiger partial charge is 0.308 e. The summed E-state index contributed by atoms with van der Waals surface area (Å²) in [5.41, 5.74) is 1.18. The van der Waals surface area contributed by atoms with E-state index in [1.165, 1.54) is 5.56 Å². The predicted octanol–water partition coefficient (Wildman–Crippen LogP) is 2.58. The van der Waals surface area contributed by atoms with Crippen molar-refractivity contribution in [2.45, 2.75) is 20.3 Å². The van der Waals surface area contributed by atoms with E-state index in [-0.39, 0.29) is 5.92 Å². The van der Waals surface area contributed by atoms with Gasteiger partial charge in [0.2, 0.25) is 0 Å². The molecular formula is C10H15NO2S. The molecule has 2 N–H and O–H groups in total. The van der Waals surface area contributed by atoms with E-state index in [0.717, 1.165) is 5.00 Å². The Balaban J connectivity index is 2.47. The fourth-order valence-electron chi connectivity index (χ4n) is 1.18. The van der Waals surface area contributed by atoms with Crippen molar-refractivity contribution >= 4 is 22.3 Å². The largest absolute Gasteiger partial charge is 0.481 e. The third-order valence-electron chi connectivity index (χ3n) is 2.21. The van der Waals surface area contributed by atoms with Crippen LogP contribution in [0, 0.1) is 12.8 Å². The van der Waals surface area contributed by atoms with Crippen molar-refractivity contribution in [2.75, 3.05) is 11.9 Å². The summed E-state index contributed by atoms with van der Waals surface area (Å²) in [6.07, 6.45) is 0.659. The first kappa shape index (κ1) is 11.0. The van der Waals surface area contributed by atoms with Crippen LogP contribution in [-0.2, 0) is 4.79 Å². The minimum atomic E-state index is -0.728. The average Bonchev–Trinajstić information content (AvgIpc) is 2.52. The predicted molar refractivity (Wildman–Crippen MR) is 59.0 cm³/mol. The molecule has 0 aromatic carbocycles. The molecule has 4 heteroatoms. The fourth-order valence-corrected chi connectivity index (χ4v) is 2.00. The molecule has 0 fully saturated rings. The van der Waals surface area contributed by atoms with Gasteiger partial charge < -0.3 is 10.4 Å². The summed E-state index contributed by atoms with van der Waals surface area (Å²) in [6.45, 7) is 4.41. The van der Waals surface area contributed by atoms with E-state index in [9.17, 15) is 4.79 Å². The van der Waals surface area contributed by atoms with E-state index in [0.29, 0.717) is 13.0 Å². The Morgan fingerprint density at radius 3 is 2.86 bits per heavy atom. The van der Waals surface area contributed by atoms with E-state index in [1.54, 1.807) is 11.3 Å². The Kier molecular flexibility index (Phi) is 3.95. The van der Waals surface area contributed by atoms with Crippen molar-refractivity contribution in [3.05, 3.63) is 17.0 Å². The second-order valence-corrected chi connectivity index (χ2v) is 4.17. The lowest BCUT2D eigenvalue weighted by atomic mass is 10.1. The molecule has 14 heavy (non-hydrogen) atoms. The molecule has 1 aromatic heterocycles. The maximum Gasteiger partial charge on any atom is 0.308 e. The summed E-state index contributed by atoms with van der Waals surface area (Å²) in [6, 6.07) is 2.02. The van der Waals surface area contributed by atoms with Crippen molar-refractivity contribution in [1.82, 2.24) is 0 Å². The van der Waals surface area contributed by atoms with Gasteiger partial charge >= 0.3 is 5.97 Å². The van der Waals surface area contributed by atoms with Gasteiger partial charge in [-0.25, -0.2) is 0 Å². The Morgan fingerprint density at radius 1 is 1.71 bits per heavy atom. The minimum absolute atomic E-state index is 0.295. The molecule has 1 aromatic rings. The van der Waals surface area contributed by atoms with Gasteiger partial charge in [0.15, 0.2) is 0 Å². The number of aliphatic carboxylic acids is 1. The lowest BCUT2D eigenvalue weighted by Crippen LogP contribution is -2.21. The number of carboxylic acids is 1. The topological polar surface area (TPSA) is 49.3 Å². The summed E-state index contributed by atoms with van der Waals surface area (Å²) < 4.78 is 0. The average molecular weight is 213 g/mol. The van der Waals surface area contributed by atoms with Crippen LogP contribution >= 0.6 is 11.3 Å². The van der Waals surface area contributed by atoms with Gasteiger partial charge in [-0.15, -0.1) is 11.3 Å².